The van der Waals surface area contributed by atoms with Gasteiger partial charge in [-0.2, -0.15) is 0 Å². The van der Waals surface area contributed by atoms with Crippen LogP contribution in [0.5, 0.6) is 0 Å². The molecule has 38 heavy (non-hydrogen) atoms. The van der Waals surface area contributed by atoms with E-state index in [9.17, 15) is 9.59 Å². The number of hydrogen-bond acceptors (Lipinski definition) is 2. The maximum atomic E-state index is 13.7. The molecule has 1 aromatic heterocycles. The van der Waals surface area contributed by atoms with Crippen molar-refractivity contribution in [1.82, 2.24) is 14.8 Å². The van der Waals surface area contributed by atoms with Gasteiger partial charge < -0.3 is 20.1 Å². The van der Waals surface area contributed by atoms with Gasteiger partial charge in [-0.05, 0) is 48.1 Å². The Balaban J connectivity index is 1.50. The molecule has 2 N–H and O–H groups in total. The van der Waals surface area contributed by atoms with Crippen LogP contribution in [0.15, 0.2) is 85.1 Å². The molecule has 0 aliphatic heterocycles. The van der Waals surface area contributed by atoms with Crippen molar-refractivity contribution in [2.24, 2.45) is 0 Å². The van der Waals surface area contributed by atoms with E-state index < -0.39 is 0 Å². The smallest absolute Gasteiger partial charge is 0.322 e. The molecule has 0 fully saturated rings. The number of aryl methyl sites for hydroxylation is 1. The van der Waals surface area contributed by atoms with E-state index in [-0.39, 0.29) is 18.5 Å². The molecule has 0 atom stereocenters. The number of para-hydroxylation sites is 2. The largest absolute Gasteiger partial charge is 0.361 e. The summed E-state index contributed by atoms with van der Waals surface area (Å²) >= 11 is 0. The first-order valence-electron chi connectivity index (χ1n) is 13.6. The van der Waals surface area contributed by atoms with Crippen LogP contribution in [0.1, 0.15) is 43.4 Å². The van der Waals surface area contributed by atoms with Crippen LogP contribution >= 0.6 is 0 Å². The van der Waals surface area contributed by atoms with E-state index in [0.717, 1.165) is 48.0 Å². The molecule has 3 amide bonds. The fourth-order valence-corrected chi connectivity index (χ4v) is 4.70. The van der Waals surface area contributed by atoms with Crippen LogP contribution < -0.4 is 5.32 Å². The van der Waals surface area contributed by atoms with E-state index in [4.69, 9.17) is 0 Å². The number of hydrogen-bond donors (Lipinski definition) is 2. The monoisotopic (exact) mass is 510 g/mol. The van der Waals surface area contributed by atoms with E-state index in [0.29, 0.717) is 19.6 Å². The zero-order valence-electron chi connectivity index (χ0n) is 22.5. The predicted octanol–water partition coefficient (Wildman–Crippen LogP) is 6.64. The van der Waals surface area contributed by atoms with Gasteiger partial charge in [0.2, 0.25) is 5.91 Å². The maximum absolute atomic E-state index is 13.7. The molecule has 0 aliphatic rings. The highest BCUT2D eigenvalue weighted by atomic mass is 16.2. The number of anilines is 1. The number of amides is 3. The number of unbranched alkanes of at least 4 members (excludes halogenated alkanes) is 1. The van der Waals surface area contributed by atoms with Crippen molar-refractivity contribution in [1.29, 1.82) is 0 Å². The number of carbonyl (C=O) groups excluding carboxylic acids is 2. The highest BCUT2D eigenvalue weighted by Crippen LogP contribution is 2.20. The summed E-state index contributed by atoms with van der Waals surface area (Å²) in [7, 11) is 0. The molecule has 1 heterocycles. The number of urea groups is 1. The molecule has 4 rings (SSSR count). The fourth-order valence-electron chi connectivity index (χ4n) is 4.70. The summed E-state index contributed by atoms with van der Waals surface area (Å²) < 4.78 is 0. The number of nitrogens with zero attached hydrogens (tertiary/aromatic N) is 2. The lowest BCUT2D eigenvalue weighted by Crippen LogP contribution is -2.45. The third-order valence-corrected chi connectivity index (χ3v) is 6.93. The standard InChI is InChI=1S/C32H38N4O2/c1-3-5-20-36(32(38)34-29-17-11-9-15-26(29)4-2)24-31(37)35(23-25-13-7-6-8-14-25)21-19-27-22-33-30-18-12-10-16-28(27)30/h6-18,22,33H,3-5,19-21,23-24H2,1-2H3,(H,34,38). The van der Waals surface area contributed by atoms with Gasteiger partial charge in [-0.15, -0.1) is 0 Å². The summed E-state index contributed by atoms with van der Waals surface area (Å²) in [6.07, 6.45) is 5.36. The summed E-state index contributed by atoms with van der Waals surface area (Å²) in [5.74, 6) is -0.0521. The van der Waals surface area contributed by atoms with Gasteiger partial charge in [-0.1, -0.05) is 87.0 Å². The molecular formula is C32H38N4O2. The van der Waals surface area contributed by atoms with Crippen molar-refractivity contribution < 1.29 is 9.59 Å². The first-order valence-corrected chi connectivity index (χ1v) is 13.6. The summed E-state index contributed by atoms with van der Waals surface area (Å²) in [4.78, 5) is 33.9. The molecule has 0 unspecified atom stereocenters. The van der Waals surface area contributed by atoms with Gasteiger partial charge >= 0.3 is 6.03 Å². The molecular weight excluding hydrogens is 472 g/mol. The van der Waals surface area contributed by atoms with Crippen molar-refractivity contribution in [3.05, 3.63) is 102 Å². The molecule has 0 aliphatic carbocycles. The zero-order valence-corrected chi connectivity index (χ0v) is 22.5. The topological polar surface area (TPSA) is 68.4 Å². The molecule has 6 nitrogen and oxygen atoms in total. The average molecular weight is 511 g/mol. The van der Waals surface area contributed by atoms with Gasteiger partial charge in [0, 0.05) is 42.4 Å². The Kier molecular flexibility index (Phi) is 9.57. The predicted molar refractivity (Wildman–Crippen MR) is 155 cm³/mol. The van der Waals surface area contributed by atoms with Crippen LogP contribution in [-0.2, 0) is 24.2 Å². The van der Waals surface area contributed by atoms with Crippen LogP contribution in [0, 0.1) is 0 Å². The number of aromatic nitrogens is 1. The van der Waals surface area contributed by atoms with Crippen molar-refractivity contribution in [3.8, 4) is 0 Å². The summed E-state index contributed by atoms with van der Waals surface area (Å²) in [6.45, 7) is 5.80. The minimum Gasteiger partial charge on any atom is -0.361 e. The van der Waals surface area contributed by atoms with E-state index in [1.165, 1.54) is 10.9 Å². The maximum Gasteiger partial charge on any atom is 0.322 e. The fraction of sp³-hybridized carbons (Fsp3) is 0.312. The average Bonchev–Trinajstić information content (AvgIpc) is 3.37. The zero-order chi connectivity index (χ0) is 26.7. The van der Waals surface area contributed by atoms with Gasteiger partial charge in [0.05, 0.1) is 0 Å². The quantitative estimate of drug-likeness (QED) is 0.224. The molecule has 0 saturated carbocycles. The minimum atomic E-state index is -0.232. The van der Waals surface area contributed by atoms with Crippen LogP contribution in [0.3, 0.4) is 0 Å². The van der Waals surface area contributed by atoms with Crippen LogP contribution in [0.2, 0.25) is 0 Å². The van der Waals surface area contributed by atoms with Crippen molar-refractivity contribution in [2.45, 2.75) is 46.1 Å². The van der Waals surface area contributed by atoms with E-state index in [1.807, 2.05) is 77.8 Å². The van der Waals surface area contributed by atoms with Crippen molar-refractivity contribution in [3.63, 3.8) is 0 Å². The second-order valence-corrected chi connectivity index (χ2v) is 9.63. The number of aromatic amines is 1. The van der Waals surface area contributed by atoms with Crippen molar-refractivity contribution >= 4 is 28.5 Å². The summed E-state index contributed by atoms with van der Waals surface area (Å²) in [5, 5.41) is 4.23. The molecule has 4 aromatic rings. The third-order valence-electron chi connectivity index (χ3n) is 6.93. The highest BCUT2D eigenvalue weighted by Gasteiger charge is 2.22. The lowest BCUT2D eigenvalue weighted by atomic mass is 10.1. The van der Waals surface area contributed by atoms with Gasteiger partial charge in [0.15, 0.2) is 0 Å². The van der Waals surface area contributed by atoms with Crippen molar-refractivity contribution in [2.75, 3.05) is 25.0 Å². The number of rotatable bonds is 12. The van der Waals surface area contributed by atoms with E-state index in [2.05, 4.69) is 36.3 Å². The Hall–Kier alpha value is -4.06. The van der Waals surface area contributed by atoms with Gasteiger partial charge in [-0.3, -0.25) is 4.79 Å². The lowest BCUT2D eigenvalue weighted by Gasteiger charge is -2.28. The van der Waals surface area contributed by atoms with Crippen LogP contribution in [0.4, 0.5) is 10.5 Å². The lowest BCUT2D eigenvalue weighted by molar-refractivity contribution is -0.132. The Morgan fingerprint density at radius 1 is 0.816 bits per heavy atom. The molecule has 0 spiro atoms. The minimum absolute atomic E-state index is 0.0425. The number of benzene rings is 3. The number of carbonyl (C=O) groups is 2. The second kappa shape index (κ2) is 13.5. The molecule has 0 bridgehead atoms. The molecule has 0 saturated heterocycles. The number of fused-ring (bicyclic) bond motifs is 1. The third kappa shape index (κ3) is 7.03. The Bertz CT molecular complexity index is 1330. The normalized spacial score (nSPS) is 10.9. The Morgan fingerprint density at radius 3 is 2.34 bits per heavy atom. The molecule has 0 radical (unpaired) electrons. The molecule has 3 aromatic carbocycles. The summed E-state index contributed by atoms with van der Waals surface area (Å²) in [5.41, 5.74) is 5.23. The summed E-state index contributed by atoms with van der Waals surface area (Å²) in [6, 6.07) is 25.8. The molecule has 198 valence electrons. The molecule has 6 heteroatoms. The van der Waals surface area contributed by atoms with E-state index >= 15 is 0 Å². The van der Waals surface area contributed by atoms with Gasteiger partial charge in [0.25, 0.3) is 0 Å². The first-order chi connectivity index (χ1) is 18.6. The Labute approximate surface area is 225 Å². The first kappa shape index (κ1) is 27.0. The SMILES string of the molecule is CCCCN(CC(=O)N(CCc1c[nH]c2ccccc12)Cc1ccccc1)C(=O)Nc1ccccc1CC. The number of H-pyrrole nitrogens is 1. The van der Waals surface area contributed by atoms with E-state index in [1.54, 1.807) is 4.90 Å². The van der Waals surface area contributed by atoms with Crippen LogP contribution in [0.25, 0.3) is 10.9 Å². The second-order valence-electron chi connectivity index (χ2n) is 9.63. The Morgan fingerprint density at radius 2 is 1.55 bits per heavy atom. The van der Waals surface area contributed by atoms with Gasteiger partial charge in [-0.25, -0.2) is 4.79 Å². The van der Waals surface area contributed by atoms with Crippen LogP contribution in [-0.4, -0.2) is 46.4 Å². The highest BCUT2D eigenvalue weighted by molar-refractivity contribution is 5.93. The van der Waals surface area contributed by atoms with Gasteiger partial charge in [0.1, 0.15) is 6.54 Å². The number of nitrogens with one attached hydrogen (secondary N) is 2.